The van der Waals surface area contributed by atoms with Crippen molar-refractivity contribution in [1.82, 2.24) is 5.32 Å². The van der Waals surface area contributed by atoms with Crippen molar-refractivity contribution < 1.29 is 9.72 Å². The molecule has 0 aliphatic rings. The fourth-order valence-electron chi connectivity index (χ4n) is 1.67. The first-order valence-corrected chi connectivity index (χ1v) is 7.95. The van der Waals surface area contributed by atoms with Crippen molar-refractivity contribution in [2.45, 2.75) is 12.5 Å². The van der Waals surface area contributed by atoms with Crippen molar-refractivity contribution in [3.63, 3.8) is 0 Å². The number of thioether (sulfide) groups is 1. The largest absolute Gasteiger partial charge is 0.378 e. The predicted octanol–water partition coefficient (Wildman–Crippen LogP) is 1.20. The molecule has 8 heteroatoms. The van der Waals surface area contributed by atoms with E-state index in [1.54, 1.807) is 30.0 Å². The molecule has 0 bridgehead atoms. The zero-order chi connectivity index (χ0) is 15.7. The molecule has 0 unspecified atom stereocenters. The molecule has 0 saturated carbocycles. The Kier molecular flexibility index (Phi) is 7.55. The van der Waals surface area contributed by atoms with E-state index in [9.17, 15) is 14.9 Å². The van der Waals surface area contributed by atoms with Crippen molar-refractivity contribution in [2.75, 3.05) is 30.4 Å². The maximum absolute atomic E-state index is 11.7. The third-order valence-corrected chi connectivity index (χ3v) is 3.45. The number of para-hydroxylation sites is 2. The summed E-state index contributed by atoms with van der Waals surface area (Å²) in [5.41, 5.74) is 6.17. The second-order valence-corrected chi connectivity index (χ2v) is 5.37. The van der Waals surface area contributed by atoms with Crippen LogP contribution in [0.4, 0.5) is 11.4 Å². The fraction of sp³-hybridized carbons (Fsp3) is 0.462. The maximum atomic E-state index is 11.7. The van der Waals surface area contributed by atoms with Crippen molar-refractivity contribution in [3.8, 4) is 0 Å². The van der Waals surface area contributed by atoms with E-state index >= 15 is 0 Å². The molecule has 4 N–H and O–H groups in total. The summed E-state index contributed by atoms with van der Waals surface area (Å²) < 4.78 is 0. The number of nitro benzene ring substituents is 1. The van der Waals surface area contributed by atoms with Gasteiger partial charge in [-0.2, -0.15) is 11.8 Å². The molecule has 1 aromatic rings. The second-order valence-electron chi connectivity index (χ2n) is 4.38. The summed E-state index contributed by atoms with van der Waals surface area (Å²) in [5.74, 6) is 0.636. The predicted molar refractivity (Wildman–Crippen MR) is 85.6 cm³/mol. The Hall–Kier alpha value is -1.80. The summed E-state index contributed by atoms with van der Waals surface area (Å²) in [5, 5.41) is 16.5. The Balaban J connectivity index is 2.34. The number of nitrogens with one attached hydrogen (secondary N) is 2. The summed E-state index contributed by atoms with van der Waals surface area (Å²) in [4.78, 5) is 22.0. The molecule has 7 nitrogen and oxygen atoms in total. The topological polar surface area (TPSA) is 110 Å². The van der Waals surface area contributed by atoms with Gasteiger partial charge in [-0.1, -0.05) is 12.1 Å². The molecule has 0 spiro atoms. The Morgan fingerprint density at radius 1 is 1.43 bits per heavy atom. The van der Waals surface area contributed by atoms with Gasteiger partial charge in [0.1, 0.15) is 5.69 Å². The average Bonchev–Trinajstić information content (AvgIpc) is 2.49. The molecule has 0 fully saturated rings. The van der Waals surface area contributed by atoms with Crippen molar-refractivity contribution in [2.24, 2.45) is 5.73 Å². The van der Waals surface area contributed by atoms with Gasteiger partial charge in [0.2, 0.25) is 5.91 Å². The van der Waals surface area contributed by atoms with Gasteiger partial charge in [0.15, 0.2) is 0 Å². The minimum atomic E-state index is -0.511. The molecule has 0 radical (unpaired) electrons. The van der Waals surface area contributed by atoms with Gasteiger partial charge in [-0.15, -0.1) is 0 Å². The maximum Gasteiger partial charge on any atom is 0.292 e. The van der Waals surface area contributed by atoms with Crippen LogP contribution in [0.5, 0.6) is 0 Å². The van der Waals surface area contributed by atoms with E-state index in [4.69, 9.17) is 5.73 Å². The summed E-state index contributed by atoms with van der Waals surface area (Å²) in [6.07, 6.45) is 2.59. The summed E-state index contributed by atoms with van der Waals surface area (Å²) in [6, 6.07) is 5.87. The zero-order valence-electron chi connectivity index (χ0n) is 11.9. The van der Waals surface area contributed by atoms with E-state index in [2.05, 4.69) is 10.6 Å². The molecular weight excluding hydrogens is 292 g/mol. The minimum Gasteiger partial charge on any atom is -0.378 e. The molecule has 1 aromatic carbocycles. The molecular formula is C13H20N4O3S. The van der Waals surface area contributed by atoms with Crippen molar-refractivity contribution in [1.29, 1.82) is 0 Å². The summed E-state index contributed by atoms with van der Waals surface area (Å²) in [7, 11) is 0. The van der Waals surface area contributed by atoms with Crippen LogP contribution in [0.1, 0.15) is 6.42 Å². The molecule has 1 amide bonds. The number of carbonyl (C=O) groups is 1. The van der Waals surface area contributed by atoms with Crippen LogP contribution in [0.3, 0.4) is 0 Å². The number of rotatable bonds is 9. The van der Waals surface area contributed by atoms with Crippen LogP contribution in [0.25, 0.3) is 0 Å². The van der Waals surface area contributed by atoms with E-state index in [1.807, 2.05) is 6.26 Å². The lowest BCUT2D eigenvalue weighted by Gasteiger charge is -2.12. The highest BCUT2D eigenvalue weighted by atomic mass is 32.2. The number of anilines is 1. The third-order valence-electron chi connectivity index (χ3n) is 2.81. The van der Waals surface area contributed by atoms with E-state index in [0.717, 1.165) is 5.75 Å². The lowest BCUT2D eigenvalue weighted by atomic mass is 10.2. The number of benzene rings is 1. The standard InChI is InChI=1S/C13H20N4O3S/c1-21-9-6-10(14)13(18)16-8-7-15-11-4-2-3-5-12(11)17(19)20/h2-5,10,15H,6-9,14H2,1H3,(H,16,18)/t10-/m0/s1. The minimum absolute atomic E-state index is 0.0144. The quantitative estimate of drug-likeness (QED) is 0.359. The van der Waals surface area contributed by atoms with Crippen molar-refractivity contribution >= 4 is 29.0 Å². The normalized spacial score (nSPS) is 11.7. The summed E-state index contributed by atoms with van der Waals surface area (Å²) >= 11 is 1.64. The van der Waals surface area contributed by atoms with Gasteiger partial charge in [-0.05, 0) is 24.5 Å². The Morgan fingerprint density at radius 2 is 2.14 bits per heavy atom. The molecule has 116 valence electrons. The second kappa shape index (κ2) is 9.19. The first-order chi connectivity index (χ1) is 10.1. The molecule has 0 aromatic heterocycles. The van der Waals surface area contributed by atoms with E-state index < -0.39 is 11.0 Å². The highest BCUT2D eigenvalue weighted by Gasteiger charge is 2.13. The summed E-state index contributed by atoms with van der Waals surface area (Å²) in [6.45, 7) is 0.754. The number of nitro groups is 1. The van der Waals surface area contributed by atoms with Gasteiger partial charge in [0.05, 0.1) is 11.0 Å². The Bertz CT molecular complexity index is 484. The number of carbonyl (C=O) groups excluding carboxylic acids is 1. The SMILES string of the molecule is CSCC[C@H](N)C(=O)NCCNc1ccccc1[N+](=O)[O-]. The highest BCUT2D eigenvalue weighted by molar-refractivity contribution is 7.98. The third kappa shape index (κ3) is 6.01. The van der Waals surface area contributed by atoms with Crippen LogP contribution < -0.4 is 16.4 Å². The number of nitrogens with two attached hydrogens (primary N) is 1. The molecule has 21 heavy (non-hydrogen) atoms. The highest BCUT2D eigenvalue weighted by Crippen LogP contribution is 2.22. The first-order valence-electron chi connectivity index (χ1n) is 6.55. The molecule has 0 saturated heterocycles. The monoisotopic (exact) mass is 312 g/mol. The molecule has 0 heterocycles. The van der Waals surface area contributed by atoms with Gasteiger partial charge >= 0.3 is 0 Å². The molecule has 0 aliphatic heterocycles. The van der Waals surface area contributed by atoms with E-state index in [0.29, 0.717) is 25.2 Å². The lowest BCUT2D eigenvalue weighted by molar-refractivity contribution is -0.384. The van der Waals surface area contributed by atoms with Crippen LogP contribution in [0.2, 0.25) is 0 Å². The van der Waals surface area contributed by atoms with Crippen LogP contribution in [-0.4, -0.2) is 42.0 Å². The Labute approximate surface area is 127 Å². The number of hydrogen-bond donors (Lipinski definition) is 3. The molecule has 1 rings (SSSR count). The lowest BCUT2D eigenvalue weighted by Crippen LogP contribution is -2.42. The Morgan fingerprint density at radius 3 is 2.81 bits per heavy atom. The van der Waals surface area contributed by atoms with Crippen LogP contribution in [-0.2, 0) is 4.79 Å². The first kappa shape index (κ1) is 17.3. The average molecular weight is 312 g/mol. The van der Waals surface area contributed by atoms with Gasteiger partial charge in [0, 0.05) is 19.2 Å². The van der Waals surface area contributed by atoms with Gasteiger partial charge in [-0.3, -0.25) is 14.9 Å². The fourth-order valence-corrected chi connectivity index (χ4v) is 2.16. The van der Waals surface area contributed by atoms with Gasteiger partial charge in [-0.25, -0.2) is 0 Å². The van der Waals surface area contributed by atoms with E-state index in [1.165, 1.54) is 6.07 Å². The van der Waals surface area contributed by atoms with Crippen molar-refractivity contribution in [3.05, 3.63) is 34.4 Å². The molecule has 1 atom stereocenters. The van der Waals surface area contributed by atoms with Crippen LogP contribution in [0.15, 0.2) is 24.3 Å². The smallest absolute Gasteiger partial charge is 0.292 e. The number of hydrogen-bond acceptors (Lipinski definition) is 6. The van der Waals surface area contributed by atoms with E-state index in [-0.39, 0.29) is 11.6 Å². The van der Waals surface area contributed by atoms with Gasteiger partial charge < -0.3 is 16.4 Å². The number of amides is 1. The molecule has 0 aliphatic carbocycles. The van der Waals surface area contributed by atoms with Crippen LogP contribution >= 0.6 is 11.8 Å². The van der Waals surface area contributed by atoms with Gasteiger partial charge in [0.25, 0.3) is 5.69 Å². The van der Waals surface area contributed by atoms with Crippen LogP contribution in [0, 0.1) is 10.1 Å². The zero-order valence-corrected chi connectivity index (χ0v) is 12.7. The number of nitrogens with zero attached hydrogens (tertiary/aromatic N) is 1.